The highest BCUT2D eigenvalue weighted by Gasteiger charge is 2.12. The molecule has 2 N–H and O–H groups in total. The van der Waals surface area contributed by atoms with Gasteiger partial charge in [0.05, 0.1) is 5.25 Å². The van der Waals surface area contributed by atoms with Crippen molar-refractivity contribution >= 4 is 29.3 Å². The number of amides is 2. The van der Waals surface area contributed by atoms with Crippen LogP contribution in [0.2, 0.25) is 0 Å². The average molecular weight is 334 g/mol. The number of thioether (sulfide) groups is 1. The topological polar surface area (TPSA) is 58.2 Å². The van der Waals surface area contributed by atoms with Crippen LogP contribution in [-0.2, 0) is 9.59 Å². The van der Waals surface area contributed by atoms with Crippen molar-refractivity contribution in [3.8, 4) is 0 Å². The molecule has 0 bridgehead atoms. The Morgan fingerprint density at radius 2 is 1.96 bits per heavy atom. The van der Waals surface area contributed by atoms with Crippen molar-refractivity contribution in [1.29, 1.82) is 0 Å². The highest BCUT2D eigenvalue weighted by molar-refractivity contribution is 8.00. The van der Waals surface area contributed by atoms with Crippen LogP contribution in [0.15, 0.2) is 30.9 Å². The van der Waals surface area contributed by atoms with Gasteiger partial charge in [0, 0.05) is 18.7 Å². The van der Waals surface area contributed by atoms with Crippen LogP contribution in [-0.4, -0.2) is 29.4 Å². The van der Waals surface area contributed by atoms with Crippen molar-refractivity contribution in [2.45, 2.75) is 38.9 Å². The third kappa shape index (κ3) is 6.91. The van der Waals surface area contributed by atoms with Gasteiger partial charge in [0.25, 0.3) is 0 Å². The minimum atomic E-state index is -0.114. The smallest absolute Gasteiger partial charge is 0.233 e. The van der Waals surface area contributed by atoms with Gasteiger partial charge in [0.15, 0.2) is 0 Å². The Morgan fingerprint density at radius 1 is 1.30 bits per heavy atom. The lowest BCUT2D eigenvalue weighted by Gasteiger charge is -2.12. The summed E-state index contributed by atoms with van der Waals surface area (Å²) in [7, 11) is 0. The van der Waals surface area contributed by atoms with Crippen molar-refractivity contribution in [2.75, 3.05) is 17.6 Å². The largest absolute Gasteiger partial charge is 0.352 e. The Labute approximate surface area is 143 Å². The van der Waals surface area contributed by atoms with Crippen LogP contribution in [0.3, 0.4) is 0 Å². The van der Waals surface area contributed by atoms with Crippen LogP contribution in [0, 0.1) is 13.8 Å². The van der Waals surface area contributed by atoms with Crippen LogP contribution < -0.4 is 10.6 Å². The molecule has 0 spiro atoms. The van der Waals surface area contributed by atoms with Gasteiger partial charge < -0.3 is 10.6 Å². The fourth-order valence-electron chi connectivity index (χ4n) is 2.10. The molecule has 0 aromatic heterocycles. The first kappa shape index (κ1) is 19.3. The molecule has 1 rings (SSSR count). The minimum Gasteiger partial charge on any atom is -0.352 e. The third-order valence-electron chi connectivity index (χ3n) is 3.45. The van der Waals surface area contributed by atoms with E-state index in [1.165, 1.54) is 0 Å². The van der Waals surface area contributed by atoms with Gasteiger partial charge in [-0.2, -0.15) is 0 Å². The molecule has 0 heterocycles. The Bertz CT molecular complexity index is 538. The van der Waals surface area contributed by atoms with E-state index in [0.29, 0.717) is 13.0 Å². The quantitative estimate of drug-likeness (QED) is 0.537. The van der Waals surface area contributed by atoms with Gasteiger partial charge in [0.1, 0.15) is 0 Å². The molecule has 1 atom stereocenters. The molecule has 0 aliphatic rings. The Kier molecular flexibility index (Phi) is 8.48. The zero-order valence-electron chi connectivity index (χ0n) is 14.1. The molecule has 0 aliphatic carbocycles. The molecule has 0 fully saturated rings. The molecule has 126 valence electrons. The van der Waals surface area contributed by atoms with Gasteiger partial charge in [-0.15, -0.1) is 18.3 Å². The van der Waals surface area contributed by atoms with Gasteiger partial charge in [-0.1, -0.05) is 24.3 Å². The maximum absolute atomic E-state index is 12.0. The predicted molar refractivity (Wildman–Crippen MR) is 98.9 cm³/mol. The molecule has 0 radical (unpaired) electrons. The molecule has 0 saturated carbocycles. The van der Waals surface area contributed by atoms with Crippen LogP contribution in [0.1, 0.15) is 30.9 Å². The van der Waals surface area contributed by atoms with E-state index in [4.69, 9.17) is 0 Å². The van der Waals surface area contributed by atoms with E-state index in [0.717, 1.165) is 29.0 Å². The lowest BCUT2D eigenvalue weighted by molar-refractivity contribution is -0.120. The van der Waals surface area contributed by atoms with Crippen LogP contribution in [0.5, 0.6) is 0 Å². The summed E-state index contributed by atoms with van der Waals surface area (Å²) in [6.07, 6.45) is 2.87. The van der Waals surface area contributed by atoms with E-state index in [1.54, 1.807) is 17.8 Å². The molecule has 1 aromatic carbocycles. The number of rotatable bonds is 9. The van der Waals surface area contributed by atoms with E-state index in [-0.39, 0.29) is 17.1 Å². The molecule has 0 aliphatic heterocycles. The summed E-state index contributed by atoms with van der Waals surface area (Å²) in [6.45, 7) is 9.91. The first-order chi connectivity index (χ1) is 11.0. The summed E-state index contributed by atoms with van der Waals surface area (Å²) >= 11 is 1.56. The maximum atomic E-state index is 12.0. The molecule has 4 nitrogen and oxygen atoms in total. The molecular formula is C18H26N2O2S. The summed E-state index contributed by atoms with van der Waals surface area (Å²) < 4.78 is 0. The summed E-state index contributed by atoms with van der Waals surface area (Å²) in [4.78, 5) is 23.7. The third-order valence-corrected chi connectivity index (χ3v) is 4.69. The molecule has 1 aromatic rings. The highest BCUT2D eigenvalue weighted by Crippen LogP contribution is 2.20. The second-order valence-corrected chi connectivity index (χ2v) is 6.91. The number of aryl methyl sites for hydroxylation is 2. The minimum absolute atomic E-state index is 0.00915. The van der Waals surface area contributed by atoms with Crippen LogP contribution >= 0.6 is 11.8 Å². The van der Waals surface area contributed by atoms with Crippen molar-refractivity contribution in [2.24, 2.45) is 0 Å². The summed E-state index contributed by atoms with van der Waals surface area (Å²) in [5, 5.41) is 5.63. The Morgan fingerprint density at radius 3 is 2.57 bits per heavy atom. The number of anilines is 1. The van der Waals surface area contributed by atoms with Crippen molar-refractivity contribution in [1.82, 2.24) is 5.32 Å². The normalized spacial score (nSPS) is 11.6. The SMILES string of the molecule is C=CCNC(=O)C(C)SCCCC(=O)Nc1c(C)cccc1C. The fraction of sp³-hybridized carbons (Fsp3) is 0.444. The van der Waals surface area contributed by atoms with Gasteiger partial charge in [-0.3, -0.25) is 9.59 Å². The Hall–Kier alpha value is -1.75. The molecule has 5 heteroatoms. The summed E-state index contributed by atoms with van der Waals surface area (Å²) in [5.74, 6) is 0.810. The molecule has 23 heavy (non-hydrogen) atoms. The molecule has 0 saturated heterocycles. The second-order valence-electron chi connectivity index (χ2n) is 5.47. The lowest BCUT2D eigenvalue weighted by atomic mass is 10.1. The second kappa shape index (κ2) is 10.1. The molecule has 2 amide bonds. The van der Waals surface area contributed by atoms with Crippen molar-refractivity contribution < 1.29 is 9.59 Å². The first-order valence-corrected chi connectivity index (χ1v) is 8.87. The zero-order chi connectivity index (χ0) is 17.2. The highest BCUT2D eigenvalue weighted by atomic mass is 32.2. The van der Waals surface area contributed by atoms with E-state index in [2.05, 4.69) is 17.2 Å². The number of hydrogen-bond donors (Lipinski definition) is 2. The summed E-state index contributed by atoms with van der Waals surface area (Å²) in [6, 6.07) is 5.96. The van der Waals surface area contributed by atoms with E-state index >= 15 is 0 Å². The first-order valence-electron chi connectivity index (χ1n) is 7.82. The number of carbonyl (C=O) groups is 2. The standard InChI is InChI=1S/C18H26N2O2S/c1-5-11-19-18(22)15(4)23-12-7-10-16(21)20-17-13(2)8-6-9-14(17)3/h5-6,8-9,15H,1,7,10-12H2,2-4H3,(H,19,22)(H,20,21). The van der Waals surface area contributed by atoms with E-state index < -0.39 is 0 Å². The fourth-order valence-corrected chi connectivity index (χ4v) is 3.00. The average Bonchev–Trinajstić information content (AvgIpc) is 2.52. The van der Waals surface area contributed by atoms with Gasteiger partial charge in [-0.25, -0.2) is 0 Å². The van der Waals surface area contributed by atoms with Crippen molar-refractivity contribution in [3.05, 3.63) is 42.0 Å². The summed E-state index contributed by atoms with van der Waals surface area (Å²) in [5.41, 5.74) is 3.04. The van der Waals surface area contributed by atoms with Gasteiger partial charge in [0.2, 0.25) is 11.8 Å². The number of carbonyl (C=O) groups excluding carboxylic acids is 2. The number of nitrogens with one attached hydrogen (secondary N) is 2. The van der Waals surface area contributed by atoms with Crippen LogP contribution in [0.25, 0.3) is 0 Å². The lowest BCUT2D eigenvalue weighted by Crippen LogP contribution is -2.31. The van der Waals surface area contributed by atoms with Crippen LogP contribution in [0.4, 0.5) is 5.69 Å². The number of hydrogen-bond acceptors (Lipinski definition) is 3. The van der Waals surface area contributed by atoms with Gasteiger partial charge >= 0.3 is 0 Å². The number of para-hydroxylation sites is 1. The zero-order valence-corrected chi connectivity index (χ0v) is 15.0. The van der Waals surface area contributed by atoms with E-state index in [9.17, 15) is 9.59 Å². The monoisotopic (exact) mass is 334 g/mol. The Balaban J connectivity index is 2.29. The van der Waals surface area contributed by atoms with E-state index in [1.807, 2.05) is 39.0 Å². The molecular weight excluding hydrogens is 308 g/mol. The van der Waals surface area contributed by atoms with Crippen molar-refractivity contribution in [3.63, 3.8) is 0 Å². The van der Waals surface area contributed by atoms with Gasteiger partial charge in [-0.05, 0) is 44.1 Å². The number of benzene rings is 1. The predicted octanol–water partition coefficient (Wildman–Crippen LogP) is 3.45. The molecule has 1 unspecified atom stereocenters. The maximum Gasteiger partial charge on any atom is 0.233 e.